The molecule has 0 aromatic heterocycles. The molecule has 0 bridgehead atoms. The predicted octanol–water partition coefficient (Wildman–Crippen LogP) is -0.233. The lowest BCUT2D eigenvalue weighted by Crippen LogP contribution is -2.49. The Bertz CT molecular complexity index is 448. The molecule has 0 aromatic carbocycles. The topological polar surface area (TPSA) is 118 Å². The van der Waals surface area contributed by atoms with E-state index in [1.165, 1.54) is 4.31 Å². The summed E-state index contributed by atoms with van der Waals surface area (Å²) >= 11 is 0. The highest BCUT2D eigenvalue weighted by molar-refractivity contribution is 7.89. The van der Waals surface area contributed by atoms with Crippen LogP contribution in [0.5, 0.6) is 0 Å². The Morgan fingerprint density at radius 1 is 1.37 bits per heavy atom. The lowest BCUT2D eigenvalue weighted by Gasteiger charge is -2.35. The molecule has 8 heteroatoms. The Labute approximate surface area is 112 Å². The minimum atomic E-state index is -3.53. The molecule has 1 aliphatic heterocycles. The van der Waals surface area contributed by atoms with Crippen LogP contribution in [-0.2, 0) is 19.6 Å². The number of carboxylic acids is 1. The van der Waals surface area contributed by atoms with Crippen molar-refractivity contribution in [2.24, 2.45) is 11.7 Å². The molecule has 1 heterocycles. The lowest BCUT2D eigenvalue weighted by atomic mass is 9.95. The fourth-order valence-corrected chi connectivity index (χ4v) is 4.02. The molecule has 0 aromatic rings. The number of carbonyl (C=O) groups excluding carboxylic acids is 1. The van der Waals surface area contributed by atoms with Gasteiger partial charge in [-0.15, -0.1) is 0 Å². The Kier molecular flexibility index (Phi) is 5.30. The van der Waals surface area contributed by atoms with Gasteiger partial charge in [-0.1, -0.05) is 0 Å². The van der Waals surface area contributed by atoms with E-state index in [1.54, 1.807) is 6.92 Å². The molecular formula is C11H20N2O5S. The van der Waals surface area contributed by atoms with Crippen LogP contribution in [0.15, 0.2) is 0 Å². The highest BCUT2D eigenvalue weighted by Crippen LogP contribution is 2.25. The van der Waals surface area contributed by atoms with Crippen molar-refractivity contribution in [3.63, 3.8) is 0 Å². The molecule has 0 aliphatic carbocycles. The van der Waals surface area contributed by atoms with E-state index in [4.69, 9.17) is 10.8 Å². The van der Waals surface area contributed by atoms with Crippen molar-refractivity contribution in [1.29, 1.82) is 0 Å². The largest absolute Gasteiger partial charge is 0.481 e. The molecule has 7 nitrogen and oxygen atoms in total. The van der Waals surface area contributed by atoms with E-state index in [2.05, 4.69) is 0 Å². The summed E-state index contributed by atoms with van der Waals surface area (Å²) in [4.78, 5) is 21.6. The van der Waals surface area contributed by atoms with Gasteiger partial charge in [-0.2, -0.15) is 4.31 Å². The van der Waals surface area contributed by atoms with Crippen LogP contribution in [0.4, 0.5) is 0 Å². The van der Waals surface area contributed by atoms with Crippen LogP contribution in [0.2, 0.25) is 0 Å². The first kappa shape index (κ1) is 15.9. The number of sulfonamides is 1. The van der Waals surface area contributed by atoms with Crippen LogP contribution >= 0.6 is 0 Å². The van der Waals surface area contributed by atoms with Crippen LogP contribution in [0.1, 0.15) is 32.6 Å². The van der Waals surface area contributed by atoms with Crippen LogP contribution < -0.4 is 5.73 Å². The van der Waals surface area contributed by atoms with Gasteiger partial charge in [-0.05, 0) is 26.2 Å². The first-order valence-electron chi connectivity index (χ1n) is 6.24. The minimum Gasteiger partial charge on any atom is -0.481 e. The molecule has 2 atom stereocenters. The van der Waals surface area contributed by atoms with Crippen LogP contribution in [-0.4, -0.2) is 48.0 Å². The highest BCUT2D eigenvalue weighted by Gasteiger charge is 2.35. The number of hydrogen-bond donors (Lipinski definition) is 2. The van der Waals surface area contributed by atoms with Crippen molar-refractivity contribution in [1.82, 2.24) is 4.31 Å². The normalized spacial score (nSPS) is 25.1. The minimum absolute atomic E-state index is 0.0716. The number of carbonyl (C=O) groups is 2. The molecule has 1 rings (SSSR count). The molecule has 0 radical (unpaired) electrons. The summed E-state index contributed by atoms with van der Waals surface area (Å²) in [5.41, 5.74) is 5.22. The van der Waals surface area contributed by atoms with Gasteiger partial charge in [0, 0.05) is 19.0 Å². The number of nitrogens with two attached hydrogens (primary N) is 1. The van der Waals surface area contributed by atoms with Gasteiger partial charge in [0.15, 0.2) is 0 Å². The van der Waals surface area contributed by atoms with E-state index in [1.807, 2.05) is 0 Å². The molecule has 1 amide bonds. The summed E-state index contributed by atoms with van der Waals surface area (Å²) < 4.78 is 25.5. The third kappa shape index (κ3) is 4.46. The van der Waals surface area contributed by atoms with E-state index >= 15 is 0 Å². The fourth-order valence-electron chi connectivity index (χ4n) is 2.22. The molecule has 0 saturated carbocycles. The molecular weight excluding hydrogens is 272 g/mol. The summed E-state index contributed by atoms with van der Waals surface area (Å²) in [5, 5.41) is 8.52. The van der Waals surface area contributed by atoms with Crippen molar-refractivity contribution in [2.45, 2.75) is 38.6 Å². The first-order valence-corrected chi connectivity index (χ1v) is 7.85. The second-order valence-electron chi connectivity index (χ2n) is 4.91. The zero-order chi connectivity index (χ0) is 14.6. The molecule has 2 unspecified atom stereocenters. The highest BCUT2D eigenvalue weighted by atomic mass is 32.2. The number of primary amides is 1. The number of hydrogen-bond acceptors (Lipinski definition) is 4. The van der Waals surface area contributed by atoms with Crippen LogP contribution in [0, 0.1) is 5.92 Å². The van der Waals surface area contributed by atoms with E-state index in [-0.39, 0.29) is 31.2 Å². The summed E-state index contributed by atoms with van der Waals surface area (Å²) in [6.07, 6.45) is 1.08. The molecule has 1 fully saturated rings. The molecule has 110 valence electrons. The zero-order valence-electron chi connectivity index (χ0n) is 10.9. The second kappa shape index (κ2) is 6.33. The van der Waals surface area contributed by atoms with Crippen LogP contribution in [0.25, 0.3) is 0 Å². The number of piperidine rings is 1. The SMILES string of the molecule is CC1CCC(C(N)=O)CN1S(=O)(=O)CCCC(=O)O. The van der Waals surface area contributed by atoms with Gasteiger partial charge in [-0.3, -0.25) is 9.59 Å². The van der Waals surface area contributed by atoms with Crippen molar-refractivity contribution in [2.75, 3.05) is 12.3 Å². The quantitative estimate of drug-likeness (QED) is 0.701. The number of amides is 1. The monoisotopic (exact) mass is 292 g/mol. The van der Waals surface area contributed by atoms with E-state index in [9.17, 15) is 18.0 Å². The maximum Gasteiger partial charge on any atom is 0.303 e. The maximum absolute atomic E-state index is 12.1. The number of aliphatic carboxylic acids is 1. The van der Waals surface area contributed by atoms with Crippen molar-refractivity contribution in [3.05, 3.63) is 0 Å². The van der Waals surface area contributed by atoms with Crippen molar-refractivity contribution in [3.8, 4) is 0 Å². The van der Waals surface area contributed by atoms with Crippen molar-refractivity contribution < 1.29 is 23.1 Å². The summed E-state index contributed by atoms with van der Waals surface area (Å²) in [7, 11) is -3.53. The van der Waals surface area contributed by atoms with E-state index in [0.29, 0.717) is 12.8 Å². The summed E-state index contributed by atoms with van der Waals surface area (Å²) in [6.45, 7) is 1.89. The molecule has 3 N–H and O–H groups in total. The molecule has 0 spiro atoms. The molecule has 1 saturated heterocycles. The van der Waals surface area contributed by atoms with Gasteiger partial charge in [0.2, 0.25) is 15.9 Å². The second-order valence-corrected chi connectivity index (χ2v) is 6.95. The smallest absolute Gasteiger partial charge is 0.303 e. The van der Waals surface area contributed by atoms with E-state index < -0.39 is 27.8 Å². The predicted molar refractivity (Wildman–Crippen MR) is 68.7 cm³/mol. The Morgan fingerprint density at radius 2 is 2.00 bits per heavy atom. The van der Waals surface area contributed by atoms with E-state index in [0.717, 1.165) is 0 Å². The van der Waals surface area contributed by atoms with Gasteiger partial charge in [-0.25, -0.2) is 8.42 Å². The van der Waals surface area contributed by atoms with Gasteiger partial charge >= 0.3 is 5.97 Å². The molecule has 1 aliphatic rings. The molecule has 19 heavy (non-hydrogen) atoms. The fraction of sp³-hybridized carbons (Fsp3) is 0.818. The third-order valence-corrected chi connectivity index (χ3v) is 5.41. The number of rotatable bonds is 6. The van der Waals surface area contributed by atoms with Gasteiger partial charge in [0.25, 0.3) is 0 Å². The Hall–Kier alpha value is -1.15. The Morgan fingerprint density at radius 3 is 2.53 bits per heavy atom. The Balaban J connectivity index is 2.68. The summed E-state index contributed by atoms with van der Waals surface area (Å²) in [6, 6.07) is -0.176. The number of nitrogens with zero attached hydrogens (tertiary/aromatic N) is 1. The lowest BCUT2D eigenvalue weighted by molar-refractivity contribution is -0.137. The average molecular weight is 292 g/mol. The van der Waals surface area contributed by atoms with Crippen LogP contribution in [0.3, 0.4) is 0 Å². The third-order valence-electron chi connectivity index (χ3n) is 3.38. The first-order chi connectivity index (χ1) is 8.74. The zero-order valence-corrected chi connectivity index (χ0v) is 11.7. The summed E-state index contributed by atoms with van der Waals surface area (Å²) in [5.74, 6) is -2.17. The van der Waals surface area contributed by atoms with Gasteiger partial charge in [0.05, 0.1) is 11.7 Å². The van der Waals surface area contributed by atoms with Gasteiger partial charge < -0.3 is 10.8 Å². The maximum atomic E-state index is 12.1. The average Bonchev–Trinajstić information content (AvgIpc) is 2.28. The van der Waals surface area contributed by atoms with Gasteiger partial charge in [0.1, 0.15) is 0 Å². The number of carboxylic acid groups (broad SMARTS) is 1. The standard InChI is InChI=1S/C11H20N2O5S/c1-8-4-5-9(11(12)16)7-13(8)19(17,18)6-2-3-10(14)15/h8-9H,2-7H2,1H3,(H2,12,16)(H,14,15). The van der Waals surface area contributed by atoms with Crippen molar-refractivity contribution >= 4 is 21.9 Å².